The highest BCUT2D eigenvalue weighted by atomic mass is 79.9. The van der Waals surface area contributed by atoms with Gasteiger partial charge in [-0.25, -0.2) is 14.8 Å². The van der Waals surface area contributed by atoms with E-state index in [0.29, 0.717) is 21.1 Å². The molecule has 1 amide bonds. The third-order valence-electron chi connectivity index (χ3n) is 3.90. The van der Waals surface area contributed by atoms with E-state index in [-0.39, 0.29) is 11.8 Å². The van der Waals surface area contributed by atoms with Gasteiger partial charge in [0.05, 0.1) is 28.7 Å². The molecule has 0 radical (unpaired) electrons. The first kappa shape index (κ1) is 19.1. The first-order valence-electron chi connectivity index (χ1n) is 8.37. The Morgan fingerprint density at radius 3 is 2.86 bits per heavy atom. The van der Waals surface area contributed by atoms with Gasteiger partial charge in [0.15, 0.2) is 5.13 Å². The minimum Gasteiger partial charge on any atom is -0.492 e. The molecule has 0 atom stereocenters. The first-order valence-corrected chi connectivity index (χ1v) is 9.98. The number of thiazole rings is 1. The Morgan fingerprint density at radius 2 is 2.07 bits per heavy atom. The second kappa shape index (κ2) is 8.02. The van der Waals surface area contributed by atoms with E-state index < -0.39 is 6.09 Å². The molecular weight excluding hydrogens is 458 g/mol. The summed E-state index contributed by atoms with van der Waals surface area (Å²) in [6.45, 7) is 0. The molecular formula is C19H14BrN5O3S. The number of ether oxygens (including phenoxy) is 1. The summed E-state index contributed by atoms with van der Waals surface area (Å²) in [6.07, 6.45) is 1.17. The van der Waals surface area contributed by atoms with Gasteiger partial charge in [-0.2, -0.15) is 4.98 Å². The van der Waals surface area contributed by atoms with E-state index in [1.54, 1.807) is 12.1 Å². The number of hydrogen-bond donors (Lipinski definition) is 3. The maximum atomic E-state index is 11.3. The van der Waals surface area contributed by atoms with Crippen molar-refractivity contribution in [3.63, 3.8) is 0 Å². The molecule has 0 saturated carbocycles. The zero-order valence-electron chi connectivity index (χ0n) is 15.0. The van der Waals surface area contributed by atoms with Gasteiger partial charge in [-0.1, -0.05) is 29.5 Å². The lowest BCUT2D eigenvalue weighted by molar-refractivity contribution is 0.176. The number of para-hydroxylation sites is 1. The van der Waals surface area contributed by atoms with Gasteiger partial charge in [0.2, 0.25) is 11.8 Å². The summed E-state index contributed by atoms with van der Waals surface area (Å²) in [4.78, 5) is 24.5. The van der Waals surface area contributed by atoms with Crippen LogP contribution in [0.15, 0.2) is 56.9 Å². The quantitative estimate of drug-likeness (QED) is 0.543. The molecule has 8 nitrogen and oxygen atoms in total. The molecule has 1 aliphatic heterocycles. The first-order chi connectivity index (χ1) is 14.0. The van der Waals surface area contributed by atoms with Crippen molar-refractivity contribution in [2.45, 2.75) is 0 Å². The molecule has 0 fully saturated rings. The molecule has 0 spiro atoms. The monoisotopic (exact) mass is 471 g/mol. The molecule has 2 aromatic carbocycles. The van der Waals surface area contributed by atoms with E-state index in [1.807, 2.05) is 36.4 Å². The van der Waals surface area contributed by atoms with Crippen molar-refractivity contribution in [1.82, 2.24) is 10.3 Å². The number of guanidine groups is 1. The zero-order valence-corrected chi connectivity index (χ0v) is 17.4. The van der Waals surface area contributed by atoms with Crippen LogP contribution in [-0.4, -0.2) is 29.3 Å². The Labute approximate surface area is 177 Å². The lowest BCUT2D eigenvalue weighted by atomic mass is 10.2. The number of carbonyl (C=O) groups excluding carboxylic acids is 1. The predicted molar refractivity (Wildman–Crippen MR) is 115 cm³/mol. The molecule has 0 aliphatic carbocycles. The van der Waals surface area contributed by atoms with Crippen molar-refractivity contribution in [3.05, 3.63) is 62.4 Å². The van der Waals surface area contributed by atoms with Crippen LogP contribution >= 0.6 is 27.3 Å². The van der Waals surface area contributed by atoms with Gasteiger partial charge < -0.3 is 15.2 Å². The summed E-state index contributed by atoms with van der Waals surface area (Å²) >= 11 is 4.80. The highest BCUT2D eigenvalue weighted by Crippen LogP contribution is 2.32. The molecule has 1 aliphatic rings. The maximum absolute atomic E-state index is 11.3. The van der Waals surface area contributed by atoms with Crippen molar-refractivity contribution in [2.24, 2.45) is 9.98 Å². The Hall–Kier alpha value is -3.24. The standard InChI is InChI=1S/C19H14BrN5O3S/c1-28-19(27)25-17-21-13-7-6-10(8-14(13)22-17)9-15-16(26)24-18(29-15)23-12-5-3-2-4-11(12)20/h2-9,26H,1H3,(H,23,24)(H,22,25,27). The molecule has 10 heteroatoms. The number of anilines is 2. The molecule has 29 heavy (non-hydrogen) atoms. The summed E-state index contributed by atoms with van der Waals surface area (Å²) in [6, 6.07) is 13.1. The number of nitrogens with one attached hydrogen (secondary N) is 2. The van der Waals surface area contributed by atoms with Crippen LogP contribution in [0, 0.1) is 0 Å². The highest BCUT2D eigenvalue weighted by Gasteiger charge is 2.12. The number of fused-ring (bicyclic) bond motifs is 1. The Kier molecular flexibility index (Phi) is 5.28. The van der Waals surface area contributed by atoms with Crippen LogP contribution in [0.5, 0.6) is 5.88 Å². The van der Waals surface area contributed by atoms with Crippen LogP contribution in [-0.2, 0) is 4.74 Å². The number of aromatic nitrogens is 1. The van der Waals surface area contributed by atoms with Gasteiger partial charge in [-0.3, -0.25) is 5.32 Å². The Balaban J connectivity index is 1.60. The maximum Gasteiger partial charge on any atom is 0.413 e. The van der Waals surface area contributed by atoms with Crippen LogP contribution in [0.25, 0.3) is 6.08 Å². The zero-order chi connectivity index (χ0) is 20.4. The molecule has 1 aromatic heterocycles. The van der Waals surface area contributed by atoms with E-state index in [4.69, 9.17) is 0 Å². The number of hydrogen-bond acceptors (Lipinski definition) is 8. The van der Waals surface area contributed by atoms with E-state index >= 15 is 0 Å². The minimum absolute atomic E-state index is 0.0636. The fourth-order valence-corrected chi connectivity index (χ4v) is 3.78. The van der Waals surface area contributed by atoms with Gasteiger partial charge in [0.25, 0.3) is 0 Å². The summed E-state index contributed by atoms with van der Waals surface area (Å²) in [5, 5.41) is 17.8. The fraction of sp³-hybridized carbons (Fsp3) is 0.0526. The van der Waals surface area contributed by atoms with Crippen LogP contribution in [0.1, 0.15) is 4.88 Å². The third-order valence-corrected chi connectivity index (χ3v) is 5.50. The normalized spacial score (nSPS) is 12.8. The van der Waals surface area contributed by atoms with E-state index in [2.05, 4.69) is 46.3 Å². The van der Waals surface area contributed by atoms with Gasteiger partial charge >= 0.3 is 6.09 Å². The molecule has 4 rings (SSSR count). The van der Waals surface area contributed by atoms with Crippen molar-refractivity contribution in [2.75, 3.05) is 12.4 Å². The topological polar surface area (TPSA) is 108 Å². The lowest BCUT2D eigenvalue weighted by Crippen LogP contribution is -2.28. The lowest BCUT2D eigenvalue weighted by Gasteiger charge is -2.03. The van der Waals surface area contributed by atoms with Crippen LogP contribution in [0.2, 0.25) is 0 Å². The number of methoxy groups -OCH3 is 1. The number of nitrogens with zero attached hydrogens (tertiary/aromatic N) is 3. The average Bonchev–Trinajstić information content (AvgIpc) is 3.25. The van der Waals surface area contributed by atoms with Crippen molar-refractivity contribution in [1.29, 1.82) is 0 Å². The number of aromatic hydroxyl groups is 1. The number of benzene rings is 2. The third kappa shape index (κ3) is 4.28. The highest BCUT2D eigenvalue weighted by molar-refractivity contribution is 9.10. The van der Waals surface area contributed by atoms with Gasteiger partial charge in [0.1, 0.15) is 0 Å². The molecule has 3 aromatic rings. The van der Waals surface area contributed by atoms with E-state index in [0.717, 1.165) is 15.4 Å². The van der Waals surface area contributed by atoms with Crippen LogP contribution in [0.3, 0.4) is 0 Å². The predicted octanol–water partition coefficient (Wildman–Crippen LogP) is 3.16. The number of alkyl carbamates (subject to hydrolysis) is 1. The van der Waals surface area contributed by atoms with Crippen molar-refractivity contribution in [3.8, 4) is 5.88 Å². The van der Waals surface area contributed by atoms with Crippen LogP contribution in [0.4, 0.5) is 21.3 Å². The molecule has 0 bridgehead atoms. The number of halogens is 1. The van der Waals surface area contributed by atoms with Gasteiger partial charge in [0, 0.05) is 4.47 Å². The fourth-order valence-electron chi connectivity index (χ4n) is 2.57. The van der Waals surface area contributed by atoms with E-state index in [9.17, 15) is 9.90 Å². The van der Waals surface area contributed by atoms with Gasteiger partial charge in [-0.05, 0) is 51.5 Å². The van der Waals surface area contributed by atoms with E-state index in [1.165, 1.54) is 18.4 Å². The summed E-state index contributed by atoms with van der Waals surface area (Å²) in [5.74, 6) is 0.107. The van der Waals surface area contributed by atoms with Crippen molar-refractivity contribution < 1.29 is 14.6 Å². The molecule has 0 saturated heterocycles. The smallest absolute Gasteiger partial charge is 0.413 e. The second-order valence-corrected chi connectivity index (χ2v) is 7.75. The Morgan fingerprint density at radius 1 is 1.24 bits per heavy atom. The molecule has 0 unspecified atom stereocenters. The summed E-state index contributed by atoms with van der Waals surface area (Å²) in [7, 11) is 1.27. The average molecular weight is 472 g/mol. The number of aliphatic imine (C=N–C) groups is 1. The number of amides is 1. The molecule has 146 valence electrons. The van der Waals surface area contributed by atoms with Crippen molar-refractivity contribution >= 4 is 61.9 Å². The number of rotatable bonds is 3. The van der Waals surface area contributed by atoms with Crippen LogP contribution < -0.4 is 21.2 Å². The largest absolute Gasteiger partial charge is 0.492 e. The number of carbonyl (C=O) groups is 1. The second-order valence-electron chi connectivity index (χ2n) is 5.87. The minimum atomic E-state index is -0.633. The SMILES string of the molecule is COC(=O)NC1=Nc2cc(=Cc3sc(Nc4ccccc4Br)nc3O)ccc2=N1. The summed E-state index contributed by atoms with van der Waals surface area (Å²) < 4.78 is 5.44. The Bertz CT molecular complexity index is 1250. The summed E-state index contributed by atoms with van der Waals surface area (Å²) in [5.41, 5.74) is 1.47. The molecule has 3 N–H and O–H groups in total. The molecule has 2 heterocycles. The van der Waals surface area contributed by atoms with Gasteiger partial charge in [-0.15, -0.1) is 0 Å².